The summed E-state index contributed by atoms with van der Waals surface area (Å²) in [6.45, 7) is 0. The van der Waals surface area contributed by atoms with Gasteiger partial charge in [0.05, 0.1) is 23.9 Å². The Bertz CT molecular complexity index is 705. The van der Waals surface area contributed by atoms with Crippen molar-refractivity contribution in [2.24, 2.45) is 0 Å². The number of H-pyrrole nitrogens is 1. The Labute approximate surface area is 104 Å². The van der Waals surface area contributed by atoms with Crippen LogP contribution in [-0.4, -0.2) is 22.3 Å². The minimum Gasteiger partial charge on any atom is -0.480 e. The van der Waals surface area contributed by atoms with Crippen LogP contribution in [0, 0.1) is 0 Å². The Balaban J connectivity index is 2.26. The number of aromatic amines is 1. The summed E-state index contributed by atoms with van der Waals surface area (Å²) in [5, 5.41) is 7.83. The minimum atomic E-state index is 0.445. The van der Waals surface area contributed by atoms with Gasteiger partial charge >= 0.3 is 0 Å². The van der Waals surface area contributed by atoms with Gasteiger partial charge in [-0.25, -0.2) is 4.98 Å². The van der Waals surface area contributed by atoms with Gasteiger partial charge in [-0.15, -0.1) is 0 Å². The Morgan fingerprint density at radius 2 is 2.06 bits per heavy atom. The Hall–Kier alpha value is -2.56. The maximum Gasteiger partial charge on any atom is 0.223 e. The number of nitrogens with zero attached hydrogens (tertiary/aromatic N) is 2. The summed E-state index contributed by atoms with van der Waals surface area (Å²) in [7, 11) is 1.60. The fraction of sp³-hybridized carbons (Fsp3) is 0.0769. The highest BCUT2D eigenvalue weighted by atomic mass is 16.5. The van der Waals surface area contributed by atoms with E-state index in [1.54, 1.807) is 13.2 Å². The van der Waals surface area contributed by atoms with E-state index in [1.165, 1.54) is 0 Å². The van der Waals surface area contributed by atoms with Crippen LogP contribution in [0.25, 0.3) is 22.2 Å². The highest BCUT2D eigenvalue weighted by Gasteiger charge is 2.11. The number of para-hydroxylation sites is 1. The van der Waals surface area contributed by atoms with Crippen LogP contribution in [0.3, 0.4) is 0 Å². The van der Waals surface area contributed by atoms with Gasteiger partial charge in [-0.2, -0.15) is 5.10 Å². The summed E-state index contributed by atoms with van der Waals surface area (Å²) >= 11 is 0. The minimum absolute atomic E-state index is 0.445. The van der Waals surface area contributed by atoms with Crippen molar-refractivity contribution < 1.29 is 4.74 Å². The molecule has 0 amide bonds. The van der Waals surface area contributed by atoms with Crippen molar-refractivity contribution in [2.75, 3.05) is 12.8 Å². The van der Waals surface area contributed by atoms with Crippen LogP contribution < -0.4 is 10.5 Å². The van der Waals surface area contributed by atoms with Crippen LogP contribution in [0.2, 0.25) is 0 Å². The highest BCUT2D eigenvalue weighted by Crippen LogP contribution is 2.30. The van der Waals surface area contributed by atoms with Gasteiger partial charge in [0.15, 0.2) is 0 Å². The number of anilines is 1. The molecule has 0 unspecified atom stereocenters. The number of rotatable bonds is 2. The molecule has 2 heterocycles. The van der Waals surface area contributed by atoms with Crippen LogP contribution in [-0.2, 0) is 0 Å². The normalized spacial score (nSPS) is 10.7. The maximum absolute atomic E-state index is 5.62. The third-order valence-corrected chi connectivity index (χ3v) is 2.77. The largest absolute Gasteiger partial charge is 0.480 e. The first-order chi connectivity index (χ1) is 8.78. The number of hydrogen-bond acceptors (Lipinski definition) is 4. The van der Waals surface area contributed by atoms with E-state index < -0.39 is 0 Å². The Morgan fingerprint density at radius 3 is 2.78 bits per heavy atom. The number of aromatic nitrogens is 3. The number of nitrogens with one attached hydrogen (secondary N) is 1. The predicted molar refractivity (Wildman–Crippen MR) is 70.3 cm³/mol. The monoisotopic (exact) mass is 240 g/mol. The molecule has 3 N–H and O–H groups in total. The number of ether oxygens (including phenoxy) is 1. The second kappa shape index (κ2) is 4.03. The summed E-state index contributed by atoms with van der Waals surface area (Å²) in [4.78, 5) is 4.47. The fourth-order valence-corrected chi connectivity index (χ4v) is 1.92. The van der Waals surface area contributed by atoms with Gasteiger partial charge in [-0.05, 0) is 12.1 Å². The van der Waals surface area contributed by atoms with E-state index in [4.69, 9.17) is 10.5 Å². The summed E-state index contributed by atoms with van der Waals surface area (Å²) in [6.07, 6.45) is 0. The molecule has 0 aliphatic rings. The molecule has 0 bridgehead atoms. The van der Waals surface area contributed by atoms with Gasteiger partial charge in [-0.1, -0.05) is 18.2 Å². The van der Waals surface area contributed by atoms with Gasteiger partial charge in [0, 0.05) is 11.5 Å². The first-order valence-corrected chi connectivity index (χ1v) is 5.53. The zero-order valence-electron chi connectivity index (χ0n) is 9.84. The number of fused-ring (bicyclic) bond motifs is 1. The number of hydrogen-bond donors (Lipinski definition) is 2. The Morgan fingerprint density at radius 1 is 1.22 bits per heavy atom. The van der Waals surface area contributed by atoms with Crippen LogP contribution in [0.4, 0.5) is 5.82 Å². The van der Waals surface area contributed by atoms with E-state index in [-0.39, 0.29) is 0 Å². The lowest BCUT2D eigenvalue weighted by Crippen LogP contribution is -1.93. The van der Waals surface area contributed by atoms with E-state index in [1.807, 2.05) is 30.3 Å². The number of nitrogen functional groups attached to an aromatic ring is 1. The average molecular weight is 240 g/mol. The molecule has 5 nitrogen and oxygen atoms in total. The molecule has 0 aliphatic heterocycles. The third kappa shape index (κ3) is 1.66. The van der Waals surface area contributed by atoms with Gasteiger partial charge < -0.3 is 10.5 Å². The molecule has 0 radical (unpaired) electrons. The number of nitrogens with two attached hydrogens (primary N) is 1. The predicted octanol–water partition coefficient (Wildman–Crippen LogP) is 2.22. The summed E-state index contributed by atoms with van der Waals surface area (Å²) in [5.74, 6) is 0.998. The lowest BCUT2D eigenvalue weighted by Gasteiger charge is -2.07. The molecule has 18 heavy (non-hydrogen) atoms. The van der Waals surface area contributed by atoms with Crippen molar-refractivity contribution in [2.45, 2.75) is 0 Å². The SMILES string of the molecule is COc1nc2ccccc2cc1-c1cc(N)n[nH]1. The summed E-state index contributed by atoms with van der Waals surface area (Å²) < 4.78 is 5.32. The van der Waals surface area contributed by atoms with Gasteiger partial charge in [0.2, 0.25) is 5.88 Å². The second-order valence-corrected chi connectivity index (χ2v) is 3.94. The maximum atomic E-state index is 5.62. The standard InChI is InChI=1S/C13H12N4O/c1-18-13-9(11-7-12(14)17-16-11)6-8-4-2-3-5-10(8)15-13/h2-7H,1H3,(H3,14,16,17). The molecular formula is C13H12N4O. The summed E-state index contributed by atoms with van der Waals surface area (Å²) in [5.41, 5.74) is 8.15. The van der Waals surface area contributed by atoms with Crippen molar-refractivity contribution in [1.82, 2.24) is 15.2 Å². The van der Waals surface area contributed by atoms with Crippen LogP contribution in [0.1, 0.15) is 0 Å². The molecule has 0 fully saturated rings. The molecule has 0 aliphatic carbocycles. The first-order valence-electron chi connectivity index (χ1n) is 5.53. The third-order valence-electron chi connectivity index (χ3n) is 2.77. The Kier molecular flexibility index (Phi) is 2.37. The number of methoxy groups -OCH3 is 1. The first kappa shape index (κ1) is 10.6. The van der Waals surface area contributed by atoms with Gasteiger partial charge in [-0.3, -0.25) is 5.10 Å². The summed E-state index contributed by atoms with van der Waals surface area (Å²) in [6, 6.07) is 11.6. The molecule has 1 aromatic carbocycles. The molecule has 0 saturated heterocycles. The molecule has 0 atom stereocenters. The van der Waals surface area contributed by atoms with Crippen molar-refractivity contribution in [3.63, 3.8) is 0 Å². The van der Waals surface area contributed by atoms with E-state index in [9.17, 15) is 0 Å². The molecule has 0 spiro atoms. The fourth-order valence-electron chi connectivity index (χ4n) is 1.92. The zero-order valence-corrected chi connectivity index (χ0v) is 9.84. The van der Waals surface area contributed by atoms with Crippen LogP contribution in [0.15, 0.2) is 36.4 Å². The molecule has 3 rings (SSSR count). The topological polar surface area (TPSA) is 76.8 Å². The second-order valence-electron chi connectivity index (χ2n) is 3.94. The average Bonchev–Trinajstić information content (AvgIpc) is 2.83. The van der Waals surface area contributed by atoms with Gasteiger partial charge in [0.1, 0.15) is 5.82 Å². The number of benzene rings is 1. The van der Waals surface area contributed by atoms with E-state index in [0.717, 1.165) is 22.2 Å². The van der Waals surface area contributed by atoms with Crippen molar-refractivity contribution in [3.05, 3.63) is 36.4 Å². The number of pyridine rings is 1. The highest BCUT2D eigenvalue weighted by molar-refractivity contribution is 5.85. The quantitative estimate of drug-likeness (QED) is 0.720. The van der Waals surface area contributed by atoms with Crippen LogP contribution in [0.5, 0.6) is 5.88 Å². The van der Waals surface area contributed by atoms with E-state index in [2.05, 4.69) is 15.2 Å². The lowest BCUT2D eigenvalue weighted by atomic mass is 10.1. The lowest BCUT2D eigenvalue weighted by molar-refractivity contribution is 0.401. The van der Waals surface area contributed by atoms with E-state index in [0.29, 0.717) is 11.7 Å². The van der Waals surface area contributed by atoms with Crippen molar-refractivity contribution >= 4 is 16.7 Å². The van der Waals surface area contributed by atoms with Crippen molar-refractivity contribution in [3.8, 4) is 17.1 Å². The van der Waals surface area contributed by atoms with Gasteiger partial charge in [0.25, 0.3) is 0 Å². The van der Waals surface area contributed by atoms with Crippen molar-refractivity contribution in [1.29, 1.82) is 0 Å². The molecule has 90 valence electrons. The molecular weight excluding hydrogens is 228 g/mol. The zero-order chi connectivity index (χ0) is 12.5. The van der Waals surface area contributed by atoms with E-state index >= 15 is 0 Å². The smallest absolute Gasteiger partial charge is 0.223 e. The van der Waals surface area contributed by atoms with Crippen LogP contribution >= 0.6 is 0 Å². The molecule has 5 heteroatoms. The molecule has 2 aromatic heterocycles. The molecule has 0 saturated carbocycles. The molecule has 3 aromatic rings.